The minimum Gasteiger partial charge on any atom is -0.369 e. The van der Waals surface area contributed by atoms with E-state index < -0.39 is 29.1 Å². The SMILES string of the molecule is NC(=O)CN1CCC(NC(=O)c2cccnc2SC(F)(F)F)CC1. The molecule has 1 aromatic heterocycles. The molecule has 1 saturated heterocycles. The van der Waals surface area contributed by atoms with E-state index in [2.05, 4.69) is 10.3 Å². The molecular weight excluding hydrogens is 345 g/mol. The molecule has 10 heteroatoms. The second-order valence-corrected chi connectivity index (χ2v) is 6.45. The molecule has 2 heterocycles. The summed E-state index contributed by atoms with van der Waals surface area (Å²) in [6, 6.07) is 2.58. The summed E-state index contributed by atoms with van der Waals surface area (Å²) >= 11 is -0.407. The van der Waals surface area contributed by atoms with Crippen molar-refractivity contribution in [3.63, 3.8) is 0 Å². The average Bonchev–Trinajstić information content (AvgIpc) is 2.47. The molecule has 2 rings (SSSR count). The molecule has 0 spiro atoms. The van der Waals surface area contributed by atoms with Crippen molar-refractivity contribution in [2.75, 3.05) is 19.6 Å². The highest BCUT2D eigenvalue weighted by atomic mass is 32.2. The first-order valence-corrected chi connectivity index (χ1v) is 8.08. The summed E-state index contributed by atoms with van der Waals surface area (Å²) < 4.78 is 37.6. The molecule has 132 valence electrons. The summed E-state index contributed by atoms with van der Waals surface area (Å²) in [5.74, 6) is -0.995. The fraction of sp³-hybridized carbons (Fsp3) is 0.500. The maximum Gasteiger partial charge on any atom is 0.447 e. The number of thioether (sulfide) groups is 1. The average molecular weight is 362 g/mol. The number of primary amides is 1. The van der Waals surface area contributed by atoms with Crippen LogP contribution in [-0.4, -0.2) is 52.9 Å². The van der Waals surface area contributed by atoms with Crippen molar-refractivity contribution < 1.29 is 22.8 Å². The zero-order chi connectivity index (χ0) is 17.7. The summed E-state index contributed by atoms with van der Waals surface area (Å²) in [5.41, 5.74) is 0.522. The number of halogens is 3. The summed E-state index contributed by atoms with van der Waals surface area (Å²) in [6.45, 7) is 1.34. The van der Waals surface area contributed by atoms with Crippen LogP contribution in [0.2, 0.25) is 0 Å². The molecule has 2 amide bonds. The molecule has 0 aromatic carbocycles. The Kier molecular flexibility index (Phi) is 6.05. The maximum absolute atomic E-state index is 12.5. The standard InChI is InChI=1S/C14H17F3N4O2S/c15-14(16,17)24-13-10(2-1-5-19-13)12(23)20-9-3-6-21(7-4-9)8-11(18)22/h1-2,5,9H,3-4,6-8H2,(H2,18,22)(H,20,23). The van der Waals surface area contributed by atoms with Crippen LogP contribution >= 0.6 is 11.8 Å². The van der Waals surface area contributed by atoms with E-state index in [1.54, 1.807) is 0 Å². The van der Waals surface area contributed by atoms with Gasteiger partial charge in [-0.25, -0.2) is 4.98 Å². The normalized spacial score (nSPS) is 16.8. The lowest BCUT2D eigenvalue weighted by molar-refractivity contribution is -0.119. The Morgan fingerprint density at radius 2 is 2.04 bits per heavy atom. The van der Waals surface area contributed by atoms with Crippen molar-refractivity contribution in [3.8, 4) is 0 Å². The number of hydrogen-bond acceptors (Lipinski definition) is 5. The van der Waals surface area contributed by atoms with Crippen molar-refractivity contribution in [1.82, 2.24) is 15.2 Å². The van der Waals surface area contributed by atoms with Gasteiger partial charge in [-0.2, -0.15) is 13.2 Å². The van der Waals surface area contributed by atoms with Gasteiger partial charge in [-0.15, -0.1) is 0 Å². The van der Waals surface area contributed by atoms with Gasteiger partial charge in [0.1, 0.15) is 5.03 Å². The van der Waals surface area contributed by atoms with Gasteiger partial charge in [-0.05, 0) is 25.0 Å². The van der Waals surface area contributed by atoms with E-state index in [0.717, 1.165) is 0 Å². The van der Waals surface area contributed by atoms with Gasteiger partial charge in [-0.1, -0.05) is 0 Å². The molecule has 0 bridgehead atoms. The van der Waals surface area contributed by atoms with E-state index in [4.69, 9.17) is 5.73 Å². The van der Waals surface area contributed by atoms with Crippen LogP contribution in [0.4, 0.5) is 13.2 Å². The summed E-state index contributed by atoms with van der Waals surface area (Å²) in [5, 5.41) is 2.37. The number of carbonyl (C=O) groups excluding carboxylic acids is 2. The fourth-order valence-electron chi connectivity index (χ4n) is 2.47. The molecule has 24 heavy (non-hydrogen) atoms. The lowest BCUT2D eigenvalue weighted by Gasteiger charge is -2.31. The second kappa shape index (κ2) is 7.84. The number of hydrogen-bond donors (Lipinski definition) is 2. The third-order valence-electron chi connectivity index (χ3n) is 3.53. The first kappa shape index (κ1) is 18.5. The number of amides is 2. The quantitative estimate of drug-likeness (QED) is 0.773. The molecule has 3 N–H and O–H groups in total. The van der Waals surface area contributed by atoms with Gasteiger partial charge in [0.25, 0.3) is 5.91 Å². The number of likely N-dealkylation sites (tertiary alicyclic amines) is 1. The summed E-state index contributed by atoms with van der Waals surface area (Å²) in [4.78, 5) is 28.7. The fourth-order valence-corrected chi connectivity index (χ4v) is 3.08. The summed E-state index contributed by atoms with van der Waals surface area (Å²) in [6.07, 6.45) is 2.41. The number of nitrogens with zero attached hydrogens (tertiary/aromatic N) is 2. The van der Waals surface area contributed by atoms with Gasteiger partial charge < -0.3 is 11.1 Å². The Morgan fingerprint density at radius 1 is 1.38 bits per heavy atom. The highest BCUT2D eigenvalue weighted by molar-refractivity contribution is 8.00. The van der Waals surface area contributed by atoms with Gasteiger partial charge in [0.05, 0.1) is 12.1 Å². The lowest BCUT2D eigenvalue weighted by Crippen LogP contribution is -2.46. The van der Waals surface area contributed by atoms with Crippen LogP contribution < -0.4 is 11.1 Å². The Labute approximate surface area is 141 Å². The Bertz CT molecular complexity index is 604. The number of pyridine rings is 1. The van der Waals surface area contributed by atoms with E-state index in [0.29, 0.717) is 25.9 Å². The maximum atomic E-state index is 12.5. The number of aromatic nitrogens is 1. The number of carbonyl (C=O) groups is 2. The zero-order valence-corrected chi connectivity index (χ0v) is 13.5. The van der Waals surface area contributed by atoms with E-state index in [1.807, 2.05) is 4.90 Å². The monoisotopic (exact) mass is 362 g/mol. The van der Waals surface area contributed by atoms with Crippen LogP contribution in [0.3, 0.4) is 0 Å². The predicted molar refractivity (Wildman–Crippen MR) is 82.3 cm³/mol. The van der Waals surface area contributed by atoms with Crippen LogP contribution in [0, 0.1) is 0 Å². The van der Waals surface area contributed by atoms with Gasteiger partial charge >= 0.3 is 5.51 Å². The smallest absolute Gasteiger partial charge is 0.369 e. The van der Waals surface area contributed by atoms with Crippen LogP contribution in [-0.2, 0) is 4.79 Å². The van der Waals surface area contributed by atoms with Gasteiger partial charge in [0, 0.05) is 37.1 Å². The molecule has 0 atom stereocenters. The van der Waals surface area contributed by atoms with E-state index >= 15 is 0 Å². The number of nitrogens with one attached hydrogen (secondary N) is 1. The van der Waals surface area contributed by atoms with Crippen LogP contribution in [0.25, 0.3) is 0 Å². The molecule has 1 aromatic rings. The van der Waals surface area contributed by atoms with Gasteiger partial charge in [0.15, 0.2) is 0 Å². The molecule has 1 fully saturated rings. The number of alkyl halides is 3. The van der Waals surface area contributed by atoms with Crippen molar-refractivity contribution >= 4 is 23.6 Å². The van der Waals surface area contributed by atoms with E-state index in [9.17, 15) is 22.8 Å². The number of rotatable bonds is 5. The predicted octanol–water partition coefficient (Wildman–Crippen LogP) is 1.37. The van der Waals surface area contributed by atoms with E-state index in [-0.39, 0.29) is 23.2 Å². The number of piperidine rings is 1. The number of nitrogens with two attached hydrogens (primary N) is 1. The van der Waals surface area contributed by atoms with Crippen LogP contribution in [0.5, 0.6) is 0 Å². The molecule has 0 aliphatic carbocycles. The minimum absolute atomic E-state index is 0.0978. The lowest BCUT2D eigenvalue weighted by atomic mass is 10.0. The van der Waals surface area contributed by atoms with Crippen LogP contribution in [0.15, 0.2) is 23.4 Å². The van der Waals surface area contributed by atoms with E-state index in [1.165, 1.54) is 18.3 Å². The van der Waals surface area contributed by atoms with Gasteiger partial charge in [0.2, 0.25) is 5.91 Å². The Balaban J connectivity index is 1.95. The first-order valence-electron chi connectivity index (χ1n) is 7.27. The topological polar surface area (TPSA) is 88.3 Å². The molecular formula is C14H17F3N4O2S. The Morgan fingerprint density at radius 3 is 2.62 bits per heavy atom. The van der Waals surface area contributed by atoms with Crippen molar-refractivity contribution in [1.29, 1.82) is 0 Å². The third kappa shape index (κ3) is 5.68. The van der Waals surface area contributed by atoms with Crippen molar-refractivity contribution in [2.45, 2.75) is 29.4 Å². The highest BCUT2D eigenvalue weighted by Crippen LogP contribution is 2.37. The molecule has 0 radical (unpaired) electrons. The zero-order valence-electron chi connectivity index (χ0n) is 12.7. The largest absolute Gasteiger partial charge is 0.447 e. The molecule has 1 aliphatic rings. The minimum atomic E-state index is -4.51. The Hall–Kier alpha value is -1.81. The second-order valence-electron chi connectivity index (χ2n) is 5.39. The van der Waals surface area contributed by atoms with Crippen molar-refractivity contribution in [3.05, 3.63) is 23.9 Å². The first-order chi connectivity index (χ1) is 11.2. The highest BCUT2D eigenvalue weighted by Gasteiger charge is 2.32. The summed E-state index contributed by atoms with van der Waals surface area (Å²) in [7, 11) is 0. The third-order valence-corrected chi connectivity index (χ3v) is 4.28. The van der Waals surface area contributed by atoms with Crippen molar-refractivity contribution in [2.24, 2.45) is 5.73 Å². The molecule has 0 saturated carbocycles. The van der Waals surface area contributed by atoms with Gasteiger partial charge in [-0.3, -0.25) is 14.5 Å². The molecule has 0 unspecified atom stereocenters. The molecule has 6 nitrogen and oxygen atoms in total. The van der Waals surface area contributed by atoms with Crippen LogP contribution in [0.1, 0.15) is 23.2 Å². The molecule has 1 aliphatic heterocycles.